The van der Waals surface area contributed by atoms with Crippen molar-refractivity contribution in [1.82, 2.24) is 10.1 Å². The Hall–Kier alpha value is -1.71. The van der Waals surface area contributed by atoms with Crippen molar-refractivity contribution in [3.8, 4) is 16.8 Å². The third-order valence-electron chi connectivity index (χ3n) is 2.09. The van der Waals surface area contributed by atoms with Crippen molar-refractivity contribution in [3.05, 3.63) is 22.8 Å². The van der Waals surface area contributed by atoms with Crippen LogP contribution in [0.5, 0.6) is 0 Å². The summed E-state index contributed by atoms with van der Waals surface area (Å²) < 4.78 is 10.2. The zero-order chi connectivity index (χ0) is 11.5. The predicted molar refractivity (Wildman–Crippen MR) is 57.8 cm³/mol. The maximum absolute atomic E-state index is 8.70. The molecule has 0 amide bonds. The first-order valence-electron chi connectivity index (χ1n) is 4.61. The normalized spacial score (nSPS) is 12.3. The minimum absolute atomic E-state index is 0.201. The molecule has 2 aromatic rings. The maximum atomic E-state index is 8.70. The lowest BCUT2D eigenvalue weighted by Gasteiger charge is -2.00. The molecule has 0 fully saturated rings. The van der Waals surface area contributed by atoms with Crippen molar-refractivity contribution in [3.63, 3.8) is 0 Å². The van der Waals surface area contributed by atoms with Crippen LogP contribution in [0.1, 0.15) is 23.7 Å². The largest absolute Gasteiger partial charge is 0.374 e. The molecule has 0 aliphatic heterocycles. The van der Waals surface area contributed by atoms with Crippen molar-refractivity contribution in [2.45, 2.75) is 13.0 Å². The Kier molecular flexibility index (Phi) is 2.99. The molecule has 2 heterocycles. The van der Waals surface area contributed by atoms with Gasteiger partial charge in [0, 0.05) is 7.11 Å². The van der Waals surface area contributed by atoms with Gasteiger partial charge in [-0.1, -0.05) is 5.16 Å². The van der Waals surface area contributed by atoms with Crippen LogP contribution >= 0.6 is 11.3 Å². The van der Waals surface area contributed by atoms with Gasteiger partial charge in [-0.15, -0.1) is 11.3 Å². The molecular formula is C10H9N3O2S. The zero-order valence-corrected chi connectivity index (χ0v) is 9.61. The number of aromatic nitrogens is 2. The van der Waals surface area contributed by atoms with Crippen molar-refractivity contribution in [2.24, 2.45) is 0 Å². The first kappa shape index (κ1) is 10.8. The predicted octanol–water partition coefficient (Wildman–Crippen LogP) is 2.38. The smallest absolute Gasteiger partial charge is 0.268 e. The number of rotatable bonds is 3. The van der Waals surface area contributed by atoms with Crippen LogP contribution in [0.15, 0.2) is 16.7 Å². The van der Waals surface area contributed by atoms with E-state index in [0.717, 1.165) is 4.88 Å². The number of hydrogen-bond donors (Lipinski definition) is 0. The molecule has 0 aliphatic carbocycles. The van der Waals surface area contributed by atoms with E-state index in [1.165, 1.54) is 11.3 Å². The lowest BCUT2D eigenvalue weighted by Crippen LogP contribution is -1.97. The molecule has 0 saturated carbocycles. The summed E-state index contributed by atoms with van der Waals surface area (Å²) in [6.07, 6.45) is -0.201. The topological polar surface area (TPSA) is 71.9 Å². The van der Waals surface area contributed by atoms with Crippen LogP contribution in [0.4, 0.5) is 0 Å². The van der Waals surface area contributed by atoms with E-state index in [1.807, 2.05) is 6.92 Å². The molecule has 16 heavy (non-hydrogen) atoms. The summed E-state index contributed by atoms with van der Waals surface area (Å²) in [6.45, 7) is 1.84. The lowest BCUT2D eigenvalue weighted by molar-refractivity contribution is 0.109. The molecule has 1 atom stereocenters. The number of nitrogens with zero attached hydrogens (tertiary/aromatic N) is 3. The number of ether oxygens (including phenoxy) is 1. The van der Waals surface area contributed by atoms with E-state index in [1.54, 1.807) is 19.2 Å². The molecule has 1 unspecified atom stereocenters. The monoisotopic (exact) mass is 235 g/mol. The maximum Gasteiger partial charge on any atom is 0.268 e. The lowest BCUT2D eigenvalue weighted by atomic mass is 10.4. The van der Waals surface area contributed by atoms with Crippen LogP contribution in [0.3, 0.4) is 0 Å². The SMILES string of the molecule is COC(C)c1noc(-c2ccc(C#N)s2)n1. The fourth-order valence-corrected chi connectivity index (χ4v) is 1.84. The molecule has 0 aliphatic rings. The zero-order valence-electron chi connectivity index (χ0n) is 8.80. The van der Waals surface area contributed by atoms with E-state index >= 15 is 0 Å². The highest BCUT2D eigenvalue weighted by Gasteiger charge is 2.15. The Bertz CT molecular complexity index is 526. The number of hydrogen-bond acceptors (Lipinski definition) is 6. The van der Waals surface area contributed by atoms with E-state index in [9.17, 15) is 0 Å². The Labute approximate surface area is 96.3 Å². The number of nitriles is 1. The minimum atomic E-state index is -0.201. The molecular weight excluding hydrogens is 226 g/mol. The van der Waals surface area contributed by atoms with Crippen molar-refractivity contribution >= 4 is 11.3 Å². The van der Waals surface area contributed by atoms with Crippen LogP contribution < -0.4 is 0 Å². The van der Waals surface area contributed by atoms with E-state index < -0.39 is 0 Å². The fourth-order valence-electron chi connectivity index (χ4n) is 1.12. The molecule has 0 N–H and O–H groups in total. The molecule has 0 bridgehead atoms. The average Bonchev–Trinajstić information content (AvgIpc) is 2.95. The van der Waals surface area contributed by atoms with Gasteiger partial charge in [-0.2, -0.15) is 10.2 Å². The second-order valence-corrected chi connectivity index (χ2v) is 4.20. The van der Waals surface area contributed by atoms with E-state index in [0.29, 0.717) is 16.6 Å². The highest BCUT2D eigenvalue weighted by Crippen LogP contribution is 2.27. The Morgan fingerprint density at radius 2 is 2.38 bits per heavy atom. The summed E-state index contributed by atoms with van der Waals surface area (Å²) in [4.78, 5) is 5.61. The molecule has 0 saturated heterocycles. The van der Waals surface area contributed by atoms with Crippen molar-refractivity contribution < 1.29 is 9.26 Å². The van der Waals surface area contributed by atoms with Crippen molar-refractivity contribution in [2.75, 3.05) is 7.11 Å². The summed E-state index contributed by atoms with van der Waals surface area (Å²) >= 11 is 1.32. The molecule has 2 aromatic heterocycles. The first-order valence-corrected chi connectivity index (χ1v) is 5.43. The van der Waals surface area contributed by atoms with Crippen LogP contribution in [-0.4, -0.2) is 17.3 Å². The average molecular weight is 235 g/mol. The first-order chi connectivity index (χ1) is 7.74. The molecule has 82 valence electrons. The molecule has 6 heteroatoms. The summed E-state index contributed by atoms with van der Waals surface area (Å²) in [5, 5.41) is 12.5. The van der Waals surface area contributed by atoms with Crippen LogP contribution in [0, 0.1) is 11.3 Å². The van der Waals surface area contributed by atoms with Gasteiger partial charge in [-0.25, -0.2) is 0 Å². The van der Waals surface area contributed by atoms with Crippen LogP contribution in [-0.2, 0) is 4.74 Å². The second-order valence-electron chi connectivity index (χ2n) is 3.11. The van der Waals surface area contributed by atoms with Gasteiger partial charge in [-0.05, 0) is 19.1 Å². The Balaban J connectivity index is 2.28. The van der Waals surface area contributed by atoms with Gasteiger partial charge in [0.25, 0.3) is 5.89 Å². The number of methoxy groups -OCH3 is 1. The van der Waals surface area contributed by atoms with Gasteiger partial charge in [0.2, 0.25) is 5.82 Å². The van der Waals surface area contributed by atoms with Crippen LogP contribution in [0.2, 0.25) is 0 Å². The summed E-state index contributed by atoms with van der Waals surface area (Å²) in [6, 6.07) is 5.58. The molecule has 0 aromatic carbocycles. The van der Waals surface area contributed by atoms with E-state index in [4.69, 9.17) is 14.5 Å². The van der Waals surface area contributed by atoms with E-state index in [-0.39, 0.29) is 6.10 Å². The third kappa shape index (κ3) is 1.96. The molecule has 0 spiro atoms. The molecule has 2 rings (SSSR count). The number of thiophene rings is 1. The minimum Gasteiger partial charge on any atom is -0.374 e. The van der Waals surface area contributed by atoms with Gasteiger partial charge < -0.3 is 9.26 Å². The summed E-state index contributed by atoms with van der Waals surface area (Å²) in [5.74, 6) is 0.926. The Morgan fingerprint density at radius 3 is 3.00 bits per heavy atom. The Morgan fingerprint density at radius 1 is 1.56 bits per heavy atom. The van der Waals surface area contributed by atoms with Gasteiger partial charge in [-0.3, -0.25) is 0 Å². The highest BCUT2D eigenvalue weighted by atomic mass is 32.1. The summed E-state index contributed by atoms with van der Waals surface area (Å²) in [5.41, 5.74) is 0. The van der Waals surface area contributed by atoms with Gasteiger partial charge in [0.05, 0.1) is 4.88 Å². The highest BCUT2D eigenvalue weighted by molar-refractivity contribution is 7.15. The molecule has 0 radical (unpaired) electrons. The van der Waals surface area contributed by atoms with Gasteiger partial charge >= 0.3 is 0 Å². The standard InChI is InChI=1S/C10H9N3O2S/c1-6(14-2)9-12-10(15-13-9)8-4-3-7(5-11)16-8/h3-4,6H,1-2H3. The quantitative estimate of drug-likeness (QED) is 0.816. The van der Waals surface area contributed by atoms with E-state index in [2.05, 4.69) is 16.2 Å². The van der Waals surface area contributed by atoms with Gasteiger partial charge in [0.15, 0.2) is 0 Å². The fraction of sp³-hybridized carbons (Fsp3) is 0.300. The molecule has 5 nitrogen and oxygen atoms in total. The van der Waals surface area contributed by atoms with Crippen LogP contribution in [0.25, 0.3) is 10.8 Å². The third-order valence-corrected chi connectivity index (χ3v) is 3.06. The summed E-state index contributed by atoms with van der Waals surface area (Å²) in [7, 11) is 1.58. The van der Waals surface area contributed by atoms with Crippen molar-refractivity contribution in [1.29, 1.82) is 5.26 Å². The van der Waals surface area contributed by atoms with Gasteiger partial charge in [0.1, 0.15) is 17.1 Å². The second kappa shape index (κ2) is 4.43.